The molecule has 4 rings (SSSR count). The standard InChI is InChI=1S/C21H17Cl3N2/c22-17-5-4-16-13-26(7-6-15(16)10-17)18-8-14(11-25-12-18)9-19-20(23)2-1-3-21(19)24/h1-5,8,10-12H,6-7,9,13H2. The fraction of sp³-hybridized carbons (Fsp3) is 0.190. The van der Waals surface area contributed by atoms with Crippen molar-refractivity contribution in [2.45, 2.75) is 19.4 Å². The molecular weight excluding hydrogens is 387 g/mol. The summed E-state index contributed by atoms with van der Waals surface area (Å²) in [6.07, 6.45) is 5.44. The average molecular weight is 404 g/mol. The summed E-state index contributed by atoms with van der Waals surface area (Å²) in [5, 5.41) is 2.18. The predicted octanol–water partition coefficient (Wildman–Crippen LogP) is 6.20. The molecule has 1 aliphatic rings. The molecule has 0 amide bonds. The quantitative estimate of drug-likeness (QED) is 0.518. The van der Waals surface area contributed by atoms with Crippen LogP contribution in [0.4, 0.5) is 5.69 Å². The molecule has 0 radical (unpaired) electrons. The summed E-state index contributed by atoms with van der Waals surface area (Å²) < 4.78 is 0. The van der Waals surface area contributed by atoms with Crippen LogP contribution in [0.25, 0.3) is 0 Å². The second-order valence-electron chi connectivity index (χ2n) is 6.51. The van der Waals surface area contributed by atoms with Crippen LogP contribution in [0.1, 0.15) is 22.3 Å². The number of aromatic nitrogens is 1. The number of rotatable bonds is 3. The molecule has 1 aliphatic heterocycles. The van der Waals surface area contributed by atoms with Crippen LogP contribution in [0, 0.1) is 0 Å². The highest BCUT2D eigenvalue weighted by atomic mass is 35.5. The highest BCUT2D eigenvalue weighted by Gasteiger charge is 2.17. The van der Waals surface area contributed by atoms with Gasteiger partial charge in [-0.05, 0) is 59.0 Å². The third-order valence-electron chi connectivity index (χ3n) is 4.77. The fourth-order valence-corrected chi connectivity index (χ4v) is 4.12. The van der Waals surface area contributed by atoms with Crippen LogP contribution in [0.5, 0.6) is 0 Å². The van der Waals surface area contributed by atoms with Gasteiger partial charge in [-0.1, -0.05) is 46.9 Å². The minimum atomic E-state index is 0.666. The molecule has 0 saturated carbocycles. The third-order valence-corrected chi connectivity index (χ3v) is 5.71. The lowest BCUT2D eigenvalue weighted by molar-refractivity contribution is 0.729. The molecule has 3 aromatic rings. The van der Waals surface area contributed by atoms with Crippen LogP contribution >= 0.6 is 34.8 Å². The summed E-state index contributed by atoms with van der Waals surface area (Å²) >= 11 is 18.7. The molecule has 0 bridgehead atoms. The van der Waals surface area contributed by atoms with E-state index in [2.05, 4.69) is 28.1 Å². The van der Waals surface area contributed by atoms with Gasteiger partial charge in [0, 0.05) is 40.8 Å². The Hall–Kier alpha value is -1.74. The van der Waals surface area contributed by atoms with E-state index in [0.29, 0.717) is 16.5 Å². The Labute approximate surface area is 168 Å². The van der Waals surface area contributed by atoms with E-state index >= 15 is 0 Å². The van der Waals surface area contributed by atoms with Gasteiger partial charge in [-0.2, -0.15) is 0 Å². The van der Waals surface area contributed by atoms with Crippen molar-refractivity contribution in [1.82, 2.24) is 4.98 Å². The number of fused-ring (bicyclic) bond motifs is 1. The van der Waals surface area contributed by atoms with E-state index in [1.165, 1.54) is 11.1 Å². The van der Waals surface area contributed by atoms with E-state index in [-0.39, 0.29) is 0 Å². The molecule has 2 nitrogen and oxygen atoms in total. The summed E-state index contributed by atoms with van der Waals surface area (Å²) in [4.78, 5) is 6.78. The summed E-state index contributed by atoms with van der Waals surface area (Å²) in [6, 6.07) is 13.9. The van der Waals surface area contributed by atoms with Gasteiger partial charge in [0.15, 0.2) is 0 Å². The van der Waals surface area contributed by atoms with Crippen LogP contribution in [-0.4, -0.2) is 11.5 Å². The number of hydrogen-bond donors (Lipinski definition) is 0. The number of hydrogen-bond acceptors (Lipinski definition) is 2. The highest BCUT2D eigenvalue weighted by Crippen LogP contribution is 2.29. The van der Waals surface area contributed by atoms with Crippen LogP contribution in [0.3, 0.4) is 0 Å². The van der Waals surface area contributed by atoms with Crippen molar-refractivity contribution < 1.29 is 0 Å². The van der Waals surface area contributed by atoms with Gasteiger partial charge in [0.2, 0.25) is 0 Å². The Morgan fingerprint density at radius 2 is 1.73 bits per heavy atom. The largest absolute Gasteiger partial charge is 0.366 e. The van der Waals surface area contributed by atoms with Gasteiger partial charge >= 0.3 is 0 Å². The van der Waals surface area contributed by atoms with Gasteiger partial charge in [-0.25, -0.2) is 0 Å². The lowest BCUT2D eigenvalue weighted by Gasteiger charge is -2.30. The van der Waals surface area contributed by atoms with Crippen molar-refractivity contribution in [1.29, 1.82) is 0 Å². The van der Waals surface area contributed by atoms with Crippen molar-refractivity contribution >= 4 is 40.5 Å². The number of halogens is 3. The lowest BCUT2D eigenvalue weighted by atomic mass is 9.99. The summed E-state index contributed by atoms with van der Waals surface area (Å²) in [7, 11) is 0. The molecule has 0 saturated heterocycles. The minimum absolute atomic E-state index is 0.666. The lowest BCUT2D eigenvalue weighted by Crippen LogP contribution is -2.30. The maximum Gasteiger partial charge on any atom is 0.0558 e. The maximum absolute atomic E-state index is 6.31. The topological polar surface area (TPSA) is 16.1 Å². The number of anilines is 1. The number of pyridine rings is 1. The van der Waals surface area contributed by atoms with Crippen molar-refractivity contribution in [2.75, 3.05) is 11.4 Å². The smallest absolute Gasteiger partial charge is 0.0558 e. The maximum atomic E-state index is 6.31. The van der Waals surface area contributed by atoms with E-state index in [1.807, 2.05) is 36.7 Å². The Kier molecular flexibility index (Phi) is 5.08. The Bertz CT molecular complexity index is 935. The molecule has 26 heavy (non-hydrogen) atoms. The van der Waals surface area contributed by atoms with E-state index in [4.69, 9.17) is 34.8 Å². The number of benzene rings is 2. The normalized spacial score (nSPS) is 13.6. The Morgan fingerprint density at radius 3 is 2.54 bits per heavy atom. The minimum Gasteiger partial charge on any atom is -0.366 e. The van der Waals surface area contributed by atoms with Gasteiger partial charge in [-0.3, -0.25) is 4.98 Å². The third kappa shape index (κ3) is 3.68. The van der Waals surface area contributed by atoms with Crippen molar-refractivity contribution in [3.05, 3.63) is 92.2 Å². The molecule has 0 fully saturated rings. The molecule has 0 atom stereocenters. The highest BCUT2D eigenvalue weighted by molar-refractivity contribution is 6.36. The fourth-order valence-electron chi connectivity index (χ4n) is 3.39. The van der Waals surface area contributed by atoms with Crippen molar-refractivity contribution in [3.63, 3.8) is 0 Å². The molecule has 5 heteroatoms. The second-order valence-corrected chi connectivity index (χ2v) is 7.76. The van der Waals surface area contributed by atoms with Gasteiger partial charge < -0.3 is 4.90 Å². The zero-order valence-electron chi connectivity index (χ0n) is 14.1. The van der Waals surface area contributed by atoms with Crippen LogP contribution in [0.15, 0.2) is 54.9 Å². The van der Waals surface area contributed by atoms with Gasteiger partial charge in [0.25, 0.3) is 0 Å². The van der Waals surface area contributed by atoms with E-state index in [9.17, 15) is 0 Å². The first-order valence-corrected chi connectivity index (χ1v) is 9.62. The molecule has 2 aromatic carbocycles. The van der Waals surface area contributed by atoms with Gasteiger partial charge in [0.1, 0.15) is 0 Å². The molecule has 1 aromatic heterocycles. The Balaban J connectivity index is 1.58. The zero-order valence-corrected chi connectivity index (χ0v) is 16.3. The second kappa shape index (κ2) is 7.48. The SMILES string of the molecule is Clc1ccc2c(c1)CCN(c1cncc(Cc3c(Cl)cccc3Cl)c1)C2. The average Bonchev–Trinajstić information content (AvgIpc) is 2.65. The van der Waals surface area contributed by atoms with Gasteiger partial charge in [0.05, 0.1) is 11.9 Å². The van der Waals surface area contributed by atoms with E-state index < -0.39 is 0 Å². The van der Waals surface area contributed by atoms with Crippen LogP contribution in [0.2, 0.25) is 15.1 Å². The molecule has 0 unspecified atom stereocenters. The zero-order chi connectivity index (χ0) is 18.1. The molecule has 2 heterocycles. The van der Waals surface area contributed by atoms with E-state index in [0.717, 1.165) is 41.3 Å². The molecule has 0 aliphatic carbocycles. The Morgan fingerprint density at radius 1 is 0.923 bits per heavy atom. The van der Waals surface area contributed by atoms with Crippen molar-refractivity contribution in [2.24, 2.45) is 0 Å². The first kappa shape index (κ1) is 17.7. The summed E-state index contributed by atoms with van der Waals surface area (Å²) in [5.74, 6) is 0. The summed E-state index contributed by atoms with van der Waals surface area (Å²) in [5.41, 5.74) is 5.81. The molecular formula is C21H17Cl3N2. The summed E-state index contributed by atoms with van der Waals surface area (Å²) in [6.45, 7) is 1.82. The monoisotopic (exact) mass is 402 g/mol. The molecule has 0 spiro atoms. The first-order chi connectivity index (χ1) is 12.6. The predicted molar refractivity (Wildman–Crippen MR) is 110 cm³/mol. The molecule has 0 N–H and O–H groups in total. The van der Waals surface area contributed by atoms with Crippen LogP contribution < -0.4 is 4.90 Å². The first-order valence-electron chi connectivity index (χ1n) is 8.49. The number of nitrogens with zero attached hydrogens (tertiary/aromatic N) is 2. The van der Waals surface area contributed by atoms with Gasteiger partial charge in [-0.15, -0.1) is 0 Å². The van der Waals surface area contributed by atoms with E-state index in [1.54, 1.807) is 0 Å². The molecule has 132 valence electrons. The van der Waals surface area contributed by atoms with Crippen LogP contribution in [-0.2, 0) is 19.4 Å². The van der Waals surface area contributed by atoms with Crippen molar-refractivity contribution in [3.8, 4) is 0 Å².